The number of benzene rings is 2. The smallest absolute Gasteiger partial charge is 0.251 e. The van der Waals surface area contributed by atoms with Gasteiger partial charge in [-0.2, -0.15) is 5.10 Å². The number of rotatable bonds is 8. The van der Waals surface area contributed by atoms with E-state index in [0.717, 1.165) is 47.7 Å². The van der Waals surface area contributed by atoms with Crippen molar-refractivity contribution in [2.24, 2.45) is 0 Å². The van der Waals surface area contributed by atoms with Gasteiger partial charge in [0.05, 0.1) is 18.5 Å². The number of aromatic nitrogens is 2. The fourth-order valence-electron chi connectivity index (χ4n) is 3.72. The molecule has 0 radical (unpaired) electrons. The monoisotopic (exact) mass is 418 g/mol. The number of ether oxygens (including phenoxy) is 1. The van der Waals surface area contributed by atoms with Crippen LogP contribution in [0.15, 0.2) is 54.6 Å². The molecule has 0 atom stereocenters. The molecule has 1 fully saturated rings. The Bertz CT molecular complexity index is 1060. The second kappa shape index (κ2) is 9.47. The minimum absolute atomic E-state index is 0.110. The summed E-state index contributed by atoms with van der Waals surface area (Å²) in [6, 6.07) is 17.1. The van der Waals surface area contributed by atoms with E-state index in [4.69, 9.17) is 4.74 Å². The summed E-state index contributed by atoms with van der Waals surface area (Å²) in [5.41, 5.74) is 4.22. The first-order valence-electron chi connectivity index (χ1n) is 10.5. The minimum Gasteiger partial charge on any atom is -0.497 e. The molecule has 1 aromatic heterocycles. The van der Waals surface area contributed by atoms with Gasteiger partial charge in [0.1, 0.15) is 5.75 Å². The van der Waals surface area contributed by atoms with Gasteiger partial charge in [-0.05, 0) is 48.7 Å². The van der Waals surface area contributed by atoms with Crippen LogP contribution in [0.25, 0.3) is 22.5 Å². The molecule has 4 rings (SSSR count). The summed E-state index contributed by atoms with van der Waals surface area (Å²) in [6.07, 6.45) is 2.35. The van der Waals surface area contributed by atoms with Gasteiger partial charge in [0, 0.05) is 37.2 Å². The Balaban J connectivity index is 1.33. The van der Waals surface area contributed by atoms with E-state index in [1.807, 2.05) is 47.4 Å². The number of nitrogens with one attached hydrogen (secondary N) is 2. The molecule has 7 nitrogen and oxygen atoms in total. The maximum atomic E-state index is 12.4. The summed E-state index contributed by atoms with van der Waals surface area (Å²) in [5.74, 6) is 0.890. The number of methoxy groups -OCH3 is 1. The number of carbonyl (C=O) groups is 2. The minimum atomic E-state index is -0.110. The van der Waals surface area contributed by atoms with Crippen LogP contribution in [-0.2, 0) is 4.79 Å². The van der Waals surface area contributed by atoms with E-state index in [0.29, 0.717) is 25.1 Å². The Morgan fingerprint density at radius 3 is 2.74 bits per heavy atom. The number of H-pyrrole nitrogens is 1. The van der Waals surface area contributed by atoms with Crippen LogP contribution in [-0.4, -0.2) is 53.7 Å². The molecular weight excluding hydrogens is 392 g/mol. The van der Waals surface area contributed by atoms with Gasteiger partial charge in [-0.15, -0.1) is 0 Å². The van der Waals surface area contributed by atoms with E-state index < -0.39 is 0 Å². The summed E-state index contributed by atoms with van der Waals surface area (Å²) in [7, 11) is 1.64. The fourth-order valence-corrected chi connectivity index (χ4v) is 3.72. The van der Waals surface area contributed by atoms with Gasteiger partial charge in [-0.25, -0.2) is 0 Å². The lowest BCUT2D eigenvalue weighted by molar-refractivity contribution is -0.127. The molecular formula is C24H26N4O3. The molecule has 2 amide bonds. The zero-order valence-corrected chi connectivity index (χ0v) is 17.6. The summed E-state index contributed by atoms with van der Waals surface area (Å²) in [6.45, 7) is 2.09. The highest BCUT2D eigenvalue weighted by Crippen LogP contribution is 2.26. The SMILES string of the molecule is COc1cccc(-c2cc(-c3ccc(C(=O)NCCCN4CCCC4=O)cc3)[nH]n2)c1. The number of likely N-dealkylation sites (tertiary alicyclic amines) is 1. The Morgan fingerprint density at radius 1 is 1.16 bits per heavy atom. The summed E-state index contributed by atoms with van der Waals surface area (Å²) < 4.78 is 5.28. The third-order valence-electron chi connectivity index (χ3n) is 5.46. The van der Waals surface area contributed by atoms with Gasteiger partial charge in [0.25, 0.3) is 5.91 Å². The molecule has 2 aromatic carbocycles. The third kappa shape index (κ3) is 4.94. The first kappa shape index (κ1) is 20.7. The van der Waals surface area contributed by atoms with Gasteiger partial charge in [0.2, 0.25) is 5.91 Å². The number of nitrogens with zero attached hydrogens (tertiary/aromatic N) is 2. The standard InChI is InChI=1S/C24H26N4O3/c1-31-20-6-2-5-19(15-20)22-16-21(26-27-22)17-8-10-18(11-9-17)24(30)25-12-4-14-28-13-3-7-23(28)29/h2,5-6,8-11,15-16H,3-4,7,12-14H2,1H3,(H,25,30)(H,26,27). The number of hydrogen-bond donors (Lipinski definition) is 2. The van der Waals surface area contributed by atoms with Gasteiger partial charge in [-0.3, -0.25) is 14.7 Å². The van der Waals surface area contributed by atoms with Gasteiger partial charge >= 0.3 is 0 Å². The van der Waals surface area contributed by atoms with E-state index >= 15 is 0 Å². The average molecular weight is 418 g/mol. The van der Waals surface area contributed by atoms with Crippen molar-refractivity contribution in [1.82, 2.24) is 20.4 Å². The molecule has 1 aliphatic rings. The van der Waals surface area contributed by atoms with Crippen LogP contribution in [0, 0.1) is 0 Å². The molecule has 7 heteroatoms. The second-order valence-corrected chi connectivity index (χ2v) is 7.57. The highest BCUT2D eigenvalue weighted by Gasteiger charge is 2.19. The molecule has 0 bridgehead atoms. The number of aromatic amines is 1. The van der Waals surface area contributed by atoms with Crippen molar-refractivity contribution in [3.8, 4) is 28.3 Å². The van der Waals surface area contributed by atoms with Crippen molar-refractivity contribution in [2.75, 3.05) is 26.7 Å². The number of amides is 2. The molecule has 3 aromatic rings. The molecule has 0 spiro atoms. The Morgan fingerprint density at radius 2 is 2.00 bits per heavy atom. The molecule has 0 unspecified atom stereocenters. The van der Waals surface area contributed by atoms with Crippen LogP contribution in [0.4, 0.5) is 0 Å². The van der Waals surface area contributed by atoms with E-state index in [1.165, 1.54) is 0 Å². The van der Waals surface area contributed by atoms with Crippen LogP contribution in [0.1, 0.15) is 29.6 Å². The summed E-state index contributed by atoms with van der Waals surface area (Å²) >= 11 is 0. The second-order valence-electron chi connectivity index (χ2n) is 7.57. The van der Waals surface area contributed by atoms with Crippen molar-refractivity contribution < 1.29 is 14.3 Å². The van der Waals surface area contributed by atoms with E-state index in [1.54, 1.807) is 19.2 Å². The van der Waals surface area contributed by atoms with Crippen molar-refractivity contribution in [1.29, 1.82) is 0 Å². The molecule has 2 heterocycles. The van der Waals surface area contributed by atoms with Crippen molar-refractivity contribution in [2.45, 2.75) is 19.3 Å². The maximum Gasteiger partial charge on any atom is 0.251 e. The van der Waals surface area contributed by atoms with E-state index in [-0.39, 0.29) is 11.8 Å². The van der Waals surface area contributed by atoms with Crippen molar-refractivity contribution in [3.63, 3.8) is 0 Å². The third-order valence-corrected chi connectivity index (χ3v) is 5.46. The lowest BCUT2D eigenvalue weighted by Gasteiger charge is -2.15. The highest BCUT2D eigenvalue weighted by molar-refractivity contribution is 5.94. The Hall–Kier alpha value is -3.61. The van der Waals surface area contributed by atoms with E-state index in [9.17, 15) is 9.59 Å². The lowest BCUT2D eigenvalue weighted by Crippen LogP contribution is -2.30. The van der Waals surface area contributed by atoms with E-state index in [2.05, 4.69) is 15.5 Å². The molecule has 0 saturated carbocycles. The molecule has 2 N–H and O–H groups in total. The zero-order chi connectivity index (χ0) is 21.6. The van der Waals surface area contributed by atoms with Crippen LogP contribution < -0.4 is 10.1 Å². The highest BCUT2D eigenvalue weighted by atomic mass is 16.5. The molecule has 160 valence electrons. The van der Waals surface area contributed by atoms with Crippen LogP contribution in [0.2, 0.25) is 0 Å². The van der Waals surface area contributed by atoms with Gasteiger partial charge < -0.3 is 15.0 Å². The fraction of sp³-hybridized carbons (Fsp3) is 0.292. The first-order valence-corrected chi connectivity index (χ1v) is 10.5. The molecule has 31 heavy (non-hydrogen) atoms. The van der Waals surface area contributed by atoms with Crippen LogP contribution in [0.3, 0.4) is 0 Å². The number of hydrogen-bond acceptors (Lipinski definition) is 4. The molecule has 0 aliphatic carbocycles. The topological polar surface area (TPSA) is 87.3 Å². The van der Waals surface area contributed by atoms with Gasteiger partial charge in [-0.1, -0.05) is 24.3 Å². The van der Waals surface area contributed by atoms with Crippen LogP contribution >= 0.6 is 0 Å². The van der Waals surface area contributed by atoms with Gasteiger partial charge in [0.15, 0.2) is 0 Å². The largest absolute Gasteiger partial charge is 0.497 e. The normalized spacial score (nSPS) is 13.5. The predicted octanol–water partition coefficient (Wildman–Crippen LogP) is 3.49. The zero-order valence-electron chi connectivity index (χ0n) is 17.6. The van der Waals surface area contributed by atoms with Crippen molar-refractivity contribution in [3.05, 3.63) is 60.2 Å². The molecule has 1 aliphatic heterocycles. The number of carbonyl (C=O) groups excluding carboxylic acids is 2. The Kier molecular flexibility index (Phi) is 6.31. The summed E-state index contributed by atoms with van der Waals surface area (Å²) in [4.78, 5) is 25.9. The maximum absolute atomic E-state index is 12.4. The lowest BCUT2D eigenvalue weighted by atomic mass is 10.1. The molecule has 1 saturated heterocycles. The van der Waals surface area contributed by atoms with Crippen molar-refractivity contribution >= 4 is 11.8 Å². The summed E-state index contributed by atoms with van der Waals surface area (Å²) in [5, 5.41) is 10.4. The predicted molar refractivity (Wildman–Crippen MR) is 119 cm³/mol. The first-order chi connectivity index (χ1) is 15.1. The Labute approximate surface area is 181 Å². The average Bonchev–Trinajstić information content (AvgIpc) is 3.46. The van der Waals surface area contributed by atoms with Crippen LogP contribution in [0.5, 0.6) is 5.75 Å². The quantitative estimate of drug-likeness (QED) is 0.548.